The van der Waals surface area contributed by atoms with E-state index in [4.69, 9.17) is 0 Å². The molecule has 2 nitrogen and oxygen atoms in total. The summed E-state index contributed by atoms with van der Waals surface area (Å²) < 4.78 is 76.3. The number of allylic oxidation sites excluding steroid dienone is 3. The van der Waals surface area contributed by atoms with Gasteiger partial charge < -0.3 is 0 Å². The number of benzene rings is 1. The molecule has 0 unspecified atom stereocenters. The van der Waals surface area contributed by atoms with Crippen molar-refractivity contribution in [1.29, 1.82) is 0 Å². The van der Waals surface area contributed by atoms with Crippen LogP contribution in [0.2, 0.25) is 0 Å². The van der Waals surface area contributed by atoms with Crippen molar-refractivity contribution in [1.82, 2.24) is 0 Å². The molecule has 0 saturated carbocycles. The molecule has 0 bridgehead atoms. The zero-order valence-corrected chi connectivity index (χ0v) is 12.2. The lowest BCUT2D eigenvalue weighted by molar-refractivity contribution is -0.0942. The molecule has 0 fully saturated rings. The molecule has 0 radical (unpaired) electrons. The molecule has 0 spiro atoms. The van der Waals surface area contributed by atoms with Crippen molar-refractivity contribution < 1.29 is 26.0 Å². The molecule has 21 heavy (non-hydrogen) atoms. The van der Waals surface area contributed by atoms with Crippen LogP contribution in [0.25, 0.3) is 0 Å². The minimum atomic E-state index is -5.05. The zero-order valence-electron chi connectivity index (χ0n) is 11.4. The predicted molar refractivity (Wildman–Crippen MR) is 72.0 cm³/mol. The molecule has 0 aromatic heterocycles. The van der Waals surface area contributed by atoms with Crippen LogP contribution in [0, 0.1) is 6.92 Å². The van der Waals surface area contributed by atoms with E-state index in [1.807, 2.05) is 0 Å². The quantitative estimate of drug-likeness (QED) is 0.605. The molecule has 0 aliphatic carbocycles. The Balaban J connectivity index is 3.43. The lowest BCUT2D eigenvalue weighted by Gasteiger charge is -2.12. The first-order valence-corrected chi connectivity index (χ1v) is 7.47. The molecular formula is C14H14F4O2S. The first kappa shape index (κ1) is 17.4. The predicted octanol–water partition coefficient (Wildman–Crippen LogP) is 4.48. The molecule has 0 atom stereocenters. The summed E-state index contributed by atoms with van der Waals surface area (Å²) in [5.41, 5.74) is -0.996. The maximum absolute atomic E-state index is 14.0. The van der Waals surface area contributed by atoms with Crippen LogP contribution in [0.3, 0.4) is 0 Å². The van der Waals surface area contributed by atoms with Gasteiger partial charge in [-0.05, 0) is 32.4 Å². The van der Waals surface area contributed by atoms with E-state index in [1.54, 1.807) is 6.92 Å². The lowest BCUT2D eigenvalue weighted by atomic mass is 10.2. The first-order valence-electron chi connectivity index (χ1n) is 5.99. The number of rotatable bonds is 4. The molecule has 0 heterocycles. The normalized spacial score (nSPS) is 14.4. The van der Waals surface area contributed by atoms with Crippen molar-refractivity contribution in [3.8, 4) is 0 Å². The fraction of sp³-hybridized carbons (Fsp3) is 0.286. The Morgan fingerprint density at radius 2 is 1.71 bits per heavy atom. The lowest BCUT2D eigenvalue weighted by Crippen LogP contribution is -2.17. The van der Waals surface area contributed by atoms with Gasteiger partial charge >= 0.3 is 6.18 Å². The molecule has 0 amide bonds. The zero-order chi connectivity index (χ0) is 16.3. The molecule has 116 valence electrons. The molecule has 1 aromatic rings. The topological polar surface area (TPSA) is 34.1 Å². The van der Waals surface area contributed by atoms with Gasteiger partial charge in [-0.2, -0.15) is 17.6 Å². The van der Waals surface area contributed by atoms with Crippen molar-refractivity contribution in [2.75, 3.05) is 0 Å². The molecule has 1 aromatic carbocycles. The molecular weight excluding hydrogens is 308 g/mol. The Morgan fingerprint density at radius 3 is 2.14 bits per heavy atom. The smallest absolute Gasteiger partial charge is 0.216 e. The van der Waals surface area contributed by atoms with Gasteiger partial charge in [0.2, 0.25) is 15.0 Å². The van der Waals surface area contributed by atoms with Crippen LogP contribution in [0.1, 0.15) is 18.9 Å². The fourth-order valence-corrected chi connectivity index (χ4v) is 2.75. The standard InChI is InChI=1S/C14H14F4O2S/c1-3-4-5-12(14(16,17)18)13(15)21(19,20)11-8-6-10(2)7-9-11/h3-4,6-9H,5H2,1-2H3/b4-3+,13-12+. The van der Waals surface area contributed by atoms with Gasteiger partial charge in [0.1, 0.15) is 0 Å². The van der Waals surface area contributed by atoms with Gasteiger partial charge in [0.15, 0.2) is 0 Å². The van der Waals surface area contributed by atoms with Gasteiger partial charge in [0.05, 0.1) is 10.5 Å². The second kappa shape index (κ2) is 6.43. The largest absolute Gasteiger partial charge is 0.416 e. The highest BCUT2D eigenvalue weighted by Gasteiger charge is 2.40. The van der Waals surface area contributed by atoms with Crippen LogP contribution >= 0.6 is 0 Å². The van der Waals surface area contributed by atoms with Crippen LogP contribution in [0.5, 0.6) is 0 Å². The minimum absolute atomic E-state index is 0.507. The summed E-state index contributed by atoms with van der Waals surface area (Å²) in [4.78, 5) is -0.507. The second-order valence-corrected chi connectivity index (χ2v) is 6.18. The summed E-state index contributed by atoms with van der Waals surface area (Å²) >= 11 is 0. The molecule has 0 aliphatic heterocycles. The van der Waals surface area contributed by atoms with Crippen LogP contribution in [-0.2, 0) is 9.84 Å². The second-order valence-electron chi connectivity index (χ2n) is 4.34. The van der Waals surface area contributed by atoms with Gasteiger partial charge in [-0.15, -0.1) is 0 Å². The van der Waals surface area contributed by atoms with Gasteiger partial charge in [0, 0.05) is 0 Å². The molecule has 0 aliphatic rings. The van der Waals surface area contributed by atoms with Gasteiger partial charge in [-0.3, -0.25) is 0 Å². The van der Waals surface area contributed by atoms with E-state index in [0.717, 1.165) is 18.2 Å². The monoisotopic (exact) mass is 322 g/mol. The number of halogens is 4. The molecule has 0 saturated heterocycles. The summed E-state index contributed by atoms with van der Waals surface area (Å²) in [7, 11) is -4.81. The number of hydrogen-bond donors (Lipinski definition) is 0. The van der Waals surface area contributed by atoms with E-state index in [1.165, 1.54) is 25.1 Å². The third kappa shape index (κ3) is 4.17. The van der Waals surface area contributed by atoms with Crippen molar-refractivity contribution in [3.05, 3.63) is 52.7 Å². The van der Waals surface area contributed by atoms with E-state index in [-0.39, 0.29) is 0 Å². The highest BCUT2D eigenvalue weighted by molar-refractivity contribution is 7.95. The molecule has 7 heteroatoms. The van der Waals surface area contributed by atoms with E-state index in [0.29, 0.717) is 5.56 Å². The Bertz CT molecular complexity index is 653. The highest BCUT2D eigenvalue weighted by atomic mass is 32.2. The third-order valence-electron chi connectivity index (χ3n) is 2.70. The molecule has 1 rings (SSSR count). The van der Waals surface area contributed by atoms with E-state index < -0.39 is 38.1 Å². The van der Waals surface area contributed by atoms with Crippen LogP contribution in [0.15, 0.2) is 52.0 Å². The summed E-state index contributed by atoms with van der Waals surface area (Å²) in [5.74, 6) is 0. The number of hydrogen-bond acceptors (Lipinski definition) is 2. The average molecular weight is 322 g/mol. The highest BCUT2D eigenvalue weighted by Crippen LogP contribution is 2.35. The summed E-state index contributed by atoms with van der Waals surface area (Å²) in [5, 5.41) is -2.16. The van der Waals surface area contributed by atoms with E-state index in [9.17, 15) is 26.0 Å². The SMILES string of the molecule is C/C=C/C/C(=C(/F)S(=O)(=O)c1ccc(C)cc1)C(F)(F)F. The summed E-state index contributed by atoms with van der Waals surface area (Å²) in [6, 6.07) is 4.93. The van der Waals surface area contributed by atoms with Gasteiger partial charge in [0.25, 0.3) is 0 Å². The van der Waals surface area contributed by atoms with E-state index in [2.05, 4.69) is 0 Å². The summed E-state index contributed by atoms with van der Waals surface area (Å²) in [6.45, 7) is 3.14. The van der Waals surface area contributed by atoms with Crippen molar-refractivity contribution >= 4 is 9.84 Å². The van der Waals surface area contributed by atoms with Gasteiger partial charge in [-0.1, -0.05) is 29.8 Å². The van der Waals surface area contributed by atoms with Crippen LogP contribution < -0.4 is 0 Å². The van der Waals surface area contributed by atoms with Crippen LogP contribution in [-0.4, -0.2) is 14.6 Å². The van der Waals surface area contributed by atoms with Crippen molar-refractivity contribution in [2.24, 2.45) is 0 Å². The van der Waals surface area contributed by atoms with Crippen molar-refractivity contribution in [3.63, 3.8) is 0 Å². The summed E-state index contributed by atoms with van der Waals surface area (Å²) in [6.07, 6.45) is -3.55. The number of sulfone groups is 1. The first-order chi connectivity index (χ1) is 9.60. The Labute approximate surface area is 120 Å². The average Bonchev–Trinajstić information content (AvgIpc) is 2.38. The Hall–Kier alpha value is -1.63. The van der Waals surface area contributed by atoms with Crippen LogP contribution in [0.4, 0.5) is 17.6 Å². The molecule has 0 N–H and O–H groups in total. The fourth-order valence-electron chi connectivity index (χ4n) is 1.53. The third-order valence-corrected chi connectivity index (χ3v) is 4.32. The maximum Gasteiger partial charge on any atom is 0.416 e. The number of aryl methyl sites for hydroxylation is 1. The van der Waals surface area contributed by atoms with Gasteiger partial charge in [-0.25, -0.2) is 8.42 Å². The minimum Gasteiger partial charge on any atom is -0.216 e. The Kier molecular flexibility index (Phi) is 5.33. The van der Waals surface area contributed by atoms with Crippen molar-refractivity contribution in [2.45, 2.75) is 31.3 Å². The van der Waals surface area contributed by atoms with E-state index >= 15 is 0 Å². The number of alkyl halides is 3. The Morgan fingerprint density at radius 1 is 1.19 bits per heavy atom. The maximum atomic E-state index is 14.0.